The van der Waals surface area contributed by atoms with Gasteiger partial charge in [-0.15, -0.1) is 0 Å². The molecular formula is C40H52FN7O6. The molecule has 3 amide bonds. The summed E-state index contributed by atoms with van der Waals surface area (Å²) in [6.07, 6.45) is 7.00. The van der Waals surface area contributed by atoms with E-state index >= 15 is 4.39 Å². The lowest BCUT2D eigenvalue weighted by Crippen LogP contribution is -2.54. The molecule has 2 aromatic rings. The van der Waals surface area contributed by atoms with Crippen molar-refractivity contribution in [2.24, 2.45) is 15.9 Å². The highest BCUT2D eigenvalue weighted by atomic mass is 19.1. The van der Waals surface area contributed by atoms with Gasteiger partial charge in [0.15, 0.2) is 0 Å². The Morgan fingerprint density at radius 3 is 2.69 bits per heavy atom. The van der Waals surface area contributed by atoms with Gasteiger partial charge in [0, 0.05) is 57.4 Å². The van der Waals surface area contributed by atoms with Crippen LogP contribution in [-0.2, 0) is 30.3 Å². The molecule has 0 radical (unpaired) electrons. The molecule has 13 nitrogen and oxygen atoms in total. The highest BCUT2D eigenvalue weighted by Gasteiger charge is 2.41. The summed E-state index contributed by atoms with van der Waals surface area (Å²) in [7, 11) is 1.59. The van der Waals surface area contributed by atoms with Crippen LogP contribution in [0.4, 0.5) is 4.39 Å². The summed E-state index contributed by atoms with van der Waals surface area (Å²) < 4.78 is 32.6. The summed E-state index contributed by atoms with van der Waals surface area (Å²) in [5, 5.41) is 12.7. The van der Waals surface area contributed by atoms with Gasteiger partial charge in [0.25, 0.3) is 0 Å². The Bertz CT molecular complexity index is 1760. The van der Waals surface area contributed by atoms with E-state index in [1.54, 1.807) is 19.2 Å². The van der Waals surface area contributed by atoms with Gasteiger partial charge in [-0.25, -0.2) is 4.39 Å². The van der Waals surface area contributed by atoms with E-state index in [4.69, 9.17) is 19.2 Å². The first kappa shape index (κ1) is 37.7. The summed E-state index contributed by atoms with van der Waals surface area (Å²) in [6.45, 7) is 5.28. The number of hydrogen-bond acceptors (Lipinski definition) is 10. The standard InChI is InChI=1S/C40H52FN7O6/c1-24(52-2)16-37(50)42-12-4-3-7-36-43-22-32(46-36)29-20-35-28(19-30(29)41)18-27-17-26(8-9-34(27)54-35)31-21-44-39(47-31)33-6-5-13-48(33)40(51)38(45-23-49)25-10-14-53-15-11-25/h8-9,17,19-20,23-25,31-33,38H,3-7,10-16,18,21-22H2,1-2H3,(H,42,50)(H,43,46)(H,44,47)(H,45,49)/t24-,31?,32?,33+,38+/m1/s1. The SMILES string of the molecule is CO[C@H](C)CC(=O)NCCCCC1=NCC(c2cc3c(cc2F)Cc2cc(C4CN=C([C@@H]5CCCN5C(=O)[C@@H](NC=O)C5CCOCC5)N4)ccc2O3)N1. The molecule has 2 saturated heterocycles. The number of benzene rings is 2. The van der Waals surface area contributed by atoms with E-state index in [0.29, 0.717) is 70.0 Å². The van der Waals surface area contributed by atoms with Crippen molar-refractivity contribution in [2.45, 2.75) is 95.0 Å². The fourth-order valence-electron chi connectivity index (χ4n) is 8.25. The van der Waals surface area contributed by atoms with E-state index in [2.05, 4.69) is 32.3 Å². The first-order valence-corrected chi connectivity index (χ1v) is 19.4. The number of methoxy groups -OCH3 is 1. The fraction of sp³-hybridized carbons (Fsp3) is 0.575. The molecule has 5 aliphatic rings. The first-order valence-electron chi connectivity index (χ1n) is 19.4. The van der Waals surface area contributed by atoms with Crippen LogP contribution in [0.2, 0.25) is 0 Å². The number of hydrogen-bond donors (Lipinski definition) is 4. The number of amidine groups is 2. The number of likely N-dealkylation sites (tertiary alicyclic amines) is 1. The number of halogens is 1. The Balaban J connectivity index is 0.920. The van der Waals surface area contributed by atoms with Crippen molar-refractivity contribution in [2.75, 3.05) is 46.5 Å². The third-order valence-corrected chi connectivity index (χ3v) is 11.4. The van der Waals surface area contributed by atoms with Gasteiger partial charge in [0.05, 0.1) is 49.6 Å². The number of ether oxygens (including phenoxy) is 3. The van der Waals surface area contributed by atoms with Gasteiger partial charge in [0.1, 0.15) is 29.2 Å². The van der Waals surface area contributed by atoms with Gasteiger partial charge in [0.2, 0.25) is 18.2 Å². The molecular weight excluding hydrogens is 693 g/mol. The number of carbonyl (C=O) groups excluding carboxylic acids is 3. The van der Waals surface area contributed by atoms with Crippen molar-refractivity contribution in [3.8, 4) is 11.5 Å². The first-order chi connectivity index (χ1) is 26.3. The number of unbranched alkanes of at least 4 members (excludes halogenated alkanes) is 1. The van der Waals surface area contributed by atoms with Gasteiger partial charge < -0.3 is 40.4 Å². The van der Waals surface area contributed by atoms with E-state index in [9.17, 15) is 14.4 Å². The summed E-state index contributed by atoms with van der Waals surface area (Å²) >= 11 is 0. The highest BCUT2D eigenvalue weighted by Crippen LogP contribution is 2.40. The fourth-order valence-corrected chi connectivity index (χ4v) is 8.25. The Kier molecular flexibility index (Phi) is 12.1. The molecule has 2 fully saturated rings. The van der Waals surface area contributed by atoms with Crippen LogP contribution >= 0.6 is 0 Å². The largest absolute Gasteiger partial charge is 0.457 e. The molecule has 5 aliphatic heterocycles. The molecule has 0 aliphatic carbocycles. The van der Waals surface area contributed by atoms with E-state index in [0.717, 1.165) is 79.1 Å². The van der Waals surface area contributed by atoms with Crippen molar-refractivity contribution in [1.82, 2.24) is 26.2 Å². The summed E-state index contributed by atoms with van der Waals surface area (Å²) in [6, 6.07) is 8.46. The lowest BCUT2D eigenvalue weighted by molar-refractivity contribution is -0.137. The Labute approximate surface area is 315 Å². The van der Waals surface area contributed by atoms with Crippen molar-refractivity contribution < 1.29 is 33.0 Å². The Hall–Kier alpha value is -4.56. The molecule has 0 saturated carbocycles. The van der Waals surface area contributed by atoms with Crippen molar-refractivity contribution in [3.63, 3.8) is 0 Å². The summed E-state index contributed by atoms with van der Waals surface area (Å²) in [5.41, 5.74) is 3.36. The lowest BCUT2D eigenvalue weighted by Gasteiger charge is -2.34. The normalized spacial score (nSPS) is 23.2. The van der Waals surface area contributed by atoms with Gasteiger partial charge in [-0.2, -0.15) is 0 Å². The number of amides is 3. The molecule has 0 bridgehead atoms. The maximum Gasteiger partial charge on any atom is 0.246 e. The molecule has 2 unspecified atom stereocenters. The third-order valence-electron chi connectivity index (χ3n) is 11.4. The topological polar surface area (TPSA) is 155 Å². The second-order valence-corrected chi connectivity index (χ2v) is 15.0. The average Bonchev–Trinajstić information content (AvgIpc) is 3.97. The maximum atomic E-state index is 15.6. The third kappa shape index (κ3) is 8.54. The number of aliphatic imine (C=N–C) groups is 2. The highest BCUT2D eigenvalue weighted by molar-refractivity contribution is 5.95. The van der Waals surface area contributed by atoms with E-state index in [1.807, 2.05) is 24.0 Å². The quantitative estimate of drug-likeness (QED) is 0.135. The number of rotatable bonds is 15. The maximum absolute atomic E-state index is 15.6. The van der Waals surface area contributed by atoms with Crippen molar-refractivity contribution >= 4 is 29.9 Å². The smallest absolute Gasteiger partial charge is 0.246 e. The average molecular weight is 746 g/mol. The number of nitrogens with zero attached hydrogens (tertiary/aromatic N) is 3. The molecule has 290 valence electrons. The van der Waals surface area contributed by atoms with Crippen molar-refractivity contribution in [3.05, 3.63) is 58.4 Å². The predicted molar refractivity (Wildman–Crippen MR) is 201 cm³/mol. The molecule has 2 aromatic carbocycles. The molecule has 5 atom stereocenters. The molecule has 4 N–H and O–H groups in total. The summed E-state index contributed by atoms with van der Waals surface area (Å²) in [4.78, 5) is 48.6. The van der Waals surface area contributed by atoms with Crippen LogP contribution in [0.15, 0.2) is 40.3 Å². The van der Waals surface area contributed by atoms with E-state index < -0.39 is 6.04 Å². The molecule has 14 heteroatoms. The molecule has 5 heterocycles. The Morgan fingerprint density at radius 1 is 1.06 bits per heavy atom. The van der Waals surface area contributed by atoms with Crippen LogP contribution in [-0.4, -0.2) is 99.5 Å². The number of nitrogens with one attached hydrogen (secondary N) is 4. The van der Waals surface area contributed by atoms with E-state index in [1.165, 1.54) is 0 Å². The molecule has 0 spiro atoms. The predicted octanol–water partition coefficient (Wildman–Crippen LogP) is 3.85. The lowest BCUT2D eigenvalue weighted by atomic mass is 9.90. The van der Waals surface area contributed by atoms with Crippen LogP contribution in [0.3, 0.4) is 0 Å². The van der Waals surface area contributed by atoms with Crippen molar-refractivity contribution in [1.29, 1.82) is 0 Å². The minimum atomic E-state index is -0.562. The van der Waals surface area contributed by atoms with Gasteiger partial charge >= 0.3 is 0 Å². The Morgan fingerprint density at radius 2 is 1.87 bits per heavy atom. The zero-order valence-electron chi connectivity index (χ0n) is 31.2. The zero-order valence-corrected chi connectivity index (χ0v) is 31.2. The molecule has 0 aromatic heterocycles. The zero-order chi connectivity index (χ0) is 37.6. The monoisotopic (exact) mass is 745 g/mol. The van der Waals surface area contributed by atoms with Crippen LogP contribution in [0.25, 0.3) is 0 Å². The van der Waals surface area contributed by atoms with E-state index in [-0.39, 0.29) is 47.8 Å². The van der Waals surface area contributed by atoms with Crippen LogP contribution < -0.4 is 26.0 Å². The van der Waals surface area contributed by atoms with Gasteiger partial charge in [-0.1, -0.05) is 6.07 Å². The second kappa shape index (κ2) is 17.3. The van der Waals surface area contributed by atoms with Crippen LogP contribution in [0.5, 0.6) is 11.5 Å². The minimum Gasteiger partial charge on any atom is -0.457 e. The summed E-state index contributed by atoms with van der Waals surface area (Å²) in [5.74, 6) is 2.76. The van der Waals surface area contributed by atoms with Gasteiger partial charge in [-0.3, -0.25) is 24.4 Å². The molecule has 7 rings (SSSR count). The van der Waals surface area contributed by atoms with Crippen LogP contribution in [0, 0.1) is 11.7 Å². The number of carbonyl (C=O) groups is 3. The second-order valence-electron chi connectivity index (χ2n) is 15.0. The number of fused-ring (bicyclic) bond motifs is 2. The van der Waals surface area contributed by atoms with Gasteiger partial charge in [-0.05, 0) is 86.8 Å². The minimum absolute atomic E-state index is 0.0174. The van der Waals surface area contributed by atoms with Crippen LogP contribution in [0.1, 0.15) is 92.6 Å². The molecule has 54 heavy (non-hydrogen) atoms.